The zero-order valence-electron chi connectivity index (χ0n) is 24.1. The lowest BCUT2D eigenvalue weighted by molar-refractivity contribution is 1.08. The van der Waals surface area contributed by atoms with E-state index in [1.807, 2.05) is 6.07 Å². The molecule has 5 heteroatoms. The molecule has 9 rings (SSSR count). The van der Waals surface area contributed by atoms with Crippen LogP contribution in [0.3, 0.4) is 0 Å². The van der Waals surface area contributed by atoms with Crippen molar-refractivity contribution in [2.45, 2.75) is 0 Å². The molecule has 210 valence electrons. The Bertz CT molecular complexity index is 2460. The van der Waals surface area contributed by atoms with Crippen LogP contribution in [0.1, 0.15) is 0 Å². The van der Waals surface area contributed by atoms with Crippen molar-refractivity contribution in [1.29, 1.82) is 0 Å². The van der Waals surface area contributed by atoms with Gasteiger partial charge in [0.25, 0.3) is 0 Å². The molecular weight excluding hydrogens is 569 g/mol. The highest BCUT2D eigenvalue weighted by atomic mass is 32.1. The van der Waals surface area contributed by atoms with Crippen LogP contribution in [0.15, 0.2) is 146 Å². The Morgan fingerprint density at radius 1 is 0.356 bits per heavy atom. The summed E-state index contributed by atoms with van der Waals surface area (Å²) in [7, 11) is 0. The highest BCUT2D eigenvalue weighted by Crippen LogP contribution is 2.36. The summed E-state index contributed by atoms with van der Waals surface area (Å²) in [5.74, 6) is 1.94. The van der Waals surface area contributed by atoms with Crippen LogP contribution in [-0.2, 0) is 0 Å². The van der Waals surface area contributed by atoms with Crippen molar-refractivity contribution in [2.75, 3.05) is 0 Å². The summed E-state index contributed by atoms with van der Waals surface area (Å²) < 4.78 is 1.17. The second-order valence-electron chi connectivity index (χ2n) is 11.2. The van der Waals surface area contributed by atoms with Crippen molar-refractivity contribution < 1.29 is 0 Å². The van der Waals surface area contributed by atoms with E-state index in [2.05, 4.69) is 140 Å². The molecule has 0 saturated heterocycles. The Hall–Kier alpha value is -5.78. The summed E-state index contributed by atoms with van der Waals surface area (Å²) in [6.45, 7) is 0. The first kappa shape index (κ1) is 25.7. The molecule has 4 nitrogen and oxygen atoms in total. The molecule has 0 N–H and O–H groups in total. The molecule has 0 unspecified atom stereocenters. The zero-order chi connectivity index (χ0) is 29.7. The predicted octanol–water partition coefficient (Wildman–Crippen LogP) is 10.6. The predicted molar refractivity (Wildman–Crippen MR) is 187 cm³/mol. The molecule has 0 atom stereocenters. The SMILES string of the molecule is c1ccc(-c2nc3c(ccc4cc(-c5nc(-c6ccc7ccccc7c6)nc(-c6ccc7ccccc7c6)n5)ccc43)s2)cc1. The third-order valence-electron chi connectivity index (χ3n) is 8.30. The second kappa shape index (κ2) is 10.4. The first-order valence-corrected chi connectivity index (χ1v) is 15.7. The fourth-order valence-electron chi connectivity index (χ4n) is 5.98. The molecule has 0 aliphatic carbocycles. The van der Waals surface area contributed by atoms with Crippen LogP contribution in [0, 0.1) is 0 Å². The average Bonchev–Trinajstić information content (AvgIpc) is 3.56. The van der Waals surface area contributed by atoms with Gasteiger partial charge in [-0.05, 0) is 51.2 Å². The lowest BCUT2D eigenvalue weighted by Gasteiger charge is -2.10. The normalized spacial score (nSPS) is 11.6. The third-order valence-corrected chi connectivity index (χ3v) is 9.37. The number of thiazole rings is 1. The van der Waals surface area contributed by atoms with Crippen molar-refractivity contribution in [3.63, 3.8) is 0 Å². The zero-order valence-corrected chi connectivity index (χ0v) is 24.9. The third kappa shape index (κ3) is 4.62. The number of hydrogen-bond donors (Lipinski definition) is 0. The van der Waals surface area contributed by atoms with E-state index in [1.165, 1.54) is 15.5 Å². The molecule has 0 spiro atoms. The smallest absolute Gasteiger partial charge is 0.164 e. The van der Waals surface area contributed by atoms with E-state index in [4.69, 9.17) is 19.9 Å². The molecule has 0 bridgehead atoms. The molecule has 0 amide bonds. The minimum atomic E-state index is 0.640. The average molecular weight is 593 g/mol. The van der Waals surface area contributed by atoms with E-state index >= 15 is 0 Å². The van der Waals surface area contributed by atoms with Gasteiger partial charge >= 0.3 is 0 Å². The van der Waals surface area contributed by atoms with Crippen molar-refractivity contribution in [2.24, 2.45) is 0 Å². The van der Waals surface area contributed by atoms with Gasteiger partial charge in [0.15, 0.2) is 17.5 Å². The molecule has 2 heterocycles. The summed E-state index contributed by atoms with van der Waals surface area (Å²) in [6.07, 6.45) is 0. The van der Waals surface area contributed by atoms with Crippen molar-refractivity contribution in [3.8, 4) is 44.7 Å². The van der Waals surface area contributed by atoms with Gasteiger partial charge < -0.3 is 0 Å². The largest absolute Gasteiger partial charge is 0.235 e. The van der Waals surface area contributed by atoms with Gasteiger partial charge in [-0.3, -0.25) is 0 Å². The summed E-state index contributed by atoms with van der Waals surface area (Å²) in [6, 6.07) is 50.6. The number of nitrogens with zero attached hydrogens (tertiary/aromatic N) is 4. The van der Waals surface area contributed by atoms with Gasteiger partial charge in [-0.1, -0.05) is 121 Å². The van der Waals surface area contributed by atoms with Crippen LogP contribution in [0.5, 0.6) is 0 Å². The molecule has 2 aromatic heterocycles. The highest BCUT2D eigenvalue weighted by Gasteiger charge is 2.15. The number of benzene rings is 7. The molecule has 0 aliphatic heterocycles. The lowest BCUT2D eigenvalue weighted by atomic mass is 10.0. The Labute approximate surface area is 263 Å². The van der Waals surface area contributed by atoms with E-state index in [9.17, 15) is 0 Å². The van der Waals surface area contributed by atoms with Gasteiger partial charge in [0, 0.05) is 27.6 Å². The first-order chi connectivity index (χ1) is 22.2. The Morgan fingerprint density at radius 2 is 0.844 bits per heavy atom. The van der Waals surface area contributed by atoms with Gasteiger partial charge in [0.2, 0.25) is 0 Å². The van der Waals surface area contributed by atoms with E-state index in [0.29, 0.717) is 17.5 Å². The van der Waals surface area contributed by atoms with E-state index in [-0.39, 0.29) is 0 Å². The summed E-state index contributed by atoms with van der Waals surface area (Å²) in [4.78, 5) is 20.2. The number of fused-ring (bicyclic) bond motifs is 5. The van der Waals surface area contributed by atoms with Gasteiger partial charge in [0.05, 0.1) is 10.2 Å². The number of aromatic nitrogens is 4. The molecule has 9 aromatic rings. The fourth-order valence-corrected chi connectivity index (χ4v) is 6.97. The van der Waals surface area contributed by atoms with Gasteiger partial charge in [-0.25, -0.2) is 19.9 Å². The van der Waals surface area contributed by atoms with E-state index in [1.54, 1.807) is 11.3 Å². The molecule has 0 saturated carbocycles. The molecule has 0 fully saturated rings. The van der Waals surface area contributed by atoms with Gasteiger partial charge in [-0.15, -0.1) is 11.3 Å². The molecular formula is C40H24N4S. The highest BCUT2D eigenvalue weighted by molar-refractivity contribution is 7.21. The Balaban J connectivity index is 1.21. The number of rotatable bonds is 4. The Morgan fingerprint density at radius 3 is 1.44 bits per heavy atom. The van der Waals surface area contributed by atoms with Crippen LogP contribution in [0.25, 0.3) is 87.3 Å². The van der Waals surface area contributed by atoms with E-state index in [0.717, 1.165) is 54.3 Å². The van der Waals surface area contributed by atoms with Crippen molar-refractivity contribution in [1.82, 2.24) is 19.9 Å². The second-order valence-corrected chi connectivity index (χ2v) is 12.2. The maximum Gasteiger partial charge on any atom is 0.164 e. The van der Waals surface area contributed by atoms with Crippen molar-refractivity contribution in [3.05, 3.63) is 146 Å². The van der Waals surface area contributed by atoms with Crippen LogP contribution >= 0.6 is 11.3 Å². The van der Waals surface area contributed by atoms with Crippen LogP contribution in [-0.4, -0.2) is 19.9 Å². The summed E-state index contributed by atoms with van der Waals surface area (Å²) in [5.41, 5.74) is 5.01. The maximum atomic E-state index is 5.05. The molecule has 45 heavy (non-hydrogen) atoms. The minimum Gasteiger partial charge on any atom is -0.235 e. The lowest BCUT2D eigenvalue weighted by Crippen LogP contribution is -2.00. The van der Waals surface area contributed by atoms with E-state index < -0.39 is 0 Å². The maximum absolute atomic E-state index is 5.05. The quantitative estimate of drug-likeness (QED) is 0.204. The van der Waals surface area contributed by atoms with Gasteiger partial charge in [-0.2, -0.15) is 0 Å². The standard InChI is InChI=1S/C40H24N4S/c1-2-10-27(11-3-1)40-41-36-34-20-18-33(24-30(34)19-21-35(36)45-40)39-43-37(31-16-14-25-8-4-6-12-28(25)22-31)42-38(44-39)32-17-15-26-9-5-7-13-29(26)23-32/h1-24H. The van der Waals surface area contributed by atoms with Crippen molar-refractivity contribution >= 4 is 53.9 Å². The summed E-state index contributed by atoms with van der Waals surface area (Å²) >= 11 is 1.72. The van der Waals surface area contributed by atoms with Crippen LogP contribution in [0.4, 0.5) is 0 Å². The fraction of sp³-hybridized carbons (Fsp3) is 0. The van der Waals surface area contributed by atoms with Crippen LogP contribution in [0.2, 0.25) is 0 Å². The first-order valence-electron chi connectivity index (χ1n) is 14.9. The molecule has 7 aromatic carbocycles. The van der Waals surface area contributed by atoms with Crippen LogP contribution < -0.4 is 0 Å². The number of hydrogen-bond acceptors (Lipinski definition) is 5. The molecule has 0 radical (unpaired) electrons. The topological polar surface area (TPSA) is 51.6 Å². The summed E-state index contributed by atoms with van der Waals surface area (Å²) in [5, 5.41) is 7.92. The minimum absolute atomic E-state index is 0.640. The molecule has 0 aliphatic rings. The Kier molecular flexibility index (Phi) is 5.96. The van der Waals surface area contributed by atoms with Gasteiger partial charge in [0.1, 0.15) is 5.01 Å². The monoisotopic (exact) mass is 592 g/mol.